The van der Waals surface area contributed by atoms with Crippen molar-refractivity contribution in [2.45, 2.75) is 38.8 Å². The maximum absolute atomic E-state index is 5.73. The molecule has 1 fully saturated rings. The van der Waals surface area contributed by atoms with E-state index in [1.54, 1.807) is 0 Å². The fourth-order valence-electron chi connectivity index (χ4n) is 4.44. The summed E-state index contributed by atoms with van der Waals surface area (Å²) in [6, 6.07) is 8.70. The van der Waals surface area contributed by atoms with Crippen molar-refractivity contribution in [2.24, 2.45) is 5.92 Å². The van der Waals surface area contributed by atoms with Crippen LogP contribution in [0.15, 0.2) is 36.7 Å². The molecule has 0 saturated carbocycles. The van der Waals surface area contributed by atoms with Gasteiger partial charge < -0.3 is 20.3 Å². The van der Waals surface area contributed by atoms with E-state index in [2.05, 4.69) is 64.0 Å². The Morgan fingerprint density at radius 1 is 1.09 bits per heavy atom. The number of nitrogens with one attached hydrogen (secondary N) is 3. The van der Waals surface area contributed by atoms with Gasteiger partial charge in [0.1, 0.15) is 5.82 Å². The van der Waals surface area contributed by atoms with Crippen LogP contribution in [0, 0.1) is 5.92 Å². The van der Waals surface area contributed by atoms with Crippen LogP contribution in [0.25, 0.3) is 11.1 Å². The van der Waals surface area contributed by atoms with E-state index in [9.17, 15) is 0 Å². The van der Waals surface area contributed by atoms with Gasteiger partial charge in [0.15, 0.2) is 0 Å². The van der Waals surface area contributed by atoms with Crippen LogP contribution >= 0.6 is 0 Å². The lowest BCUT2D eigenvalue weighted by Gasteiger charge is -2.29. The first-order valence-corrected chi connectivity index (χ1v) is 11.4. The molecule has 2 aliphatic rings. The number of nitrogens with zero attached hydrogens (tertiary/aromatic N) is 4. The molecular weight excluding hydrogens is 402 g/mol. The Bertz CT molecular complexity index is 1040. The Hall–Kier alpha value is -2.97. The van der Waals surface area contributed by atoms with E-state index in [-0.39, 0.29) is 0 Å². The number of aromatic amines is 1. The highest BCUT2D eigenvalue weighted by molar-refractivity contribution is 5.68. The van der Waals surface area contributed by atoms with Crippen molar-refractivity contribution in [3.8, 4) is 11.1 Å². The highest BCUT2D eigenvalue weighted by atomic mass is 16.5. The first kappa shape index (κ1) is 20.9. The van der Waals surface area contributed by atoms with E-state index in [1.165, 1.54) is 6.42 Å². The van der Waals surface area contributed by atoms with Crippen molar-refractivity contribution in [3.05, 3.63) is 47.9 Å². The average molecular weight is 434 g/mol. The number of likely N-dealkylation sites (N-methyl/N-ethyl adjacent to an activating group) is 1. The third kappa shape index (κ3) is 4.47. The molecule has 0 bridgehead atoms. The quantitative estimate of drug-likeness (QED) is 0.567. The molecule has 168 valence electrons. The monoisotopic (exact) mass is 433 g/mol. The van der Waals surface area contributed by atoms with Gasteiger partial charge in [-0.25, -0.2) is 4.98 Å². The van der Waals surface area contributed by atoms with Crippen LogP contribution in [-0.4, -0.2) is 53.0 Å². The maximum Gasteiger partial charge on any atom is 0.227 e. The van der Waals surface area contributed by atoms with E-state index in [4.69, 9.17) is 14.7 Å². The number of fused-ring (bicyclic) bond motifs is 1. The normalized spacial score (nSPS) is 20.9. The molecule has 0 amide bonds. The molecule has 5 rings (SSSR count). The first-order valence-electron chi connectivity index (χ1n) is 11.4. The second-order valence-electron chi connectivity index (χ2n) is 8.89. The van der Waals surface area contributed by atoms with E-state index in [0.29, 0.717) is 25.2 Å². The zero-order valence-corrected chi connectivity index (χ0v) is 18.8. The zero-order chi connectivity index (χ0) is 21.9. The molecule has 8 nitrogen and oxygen atoms in total. The minimum Gasteiger partial charge on any atom is -0.376 e. The summed E-state index contributed by atoms with van der Waals surface area (Å²) in [6.45, 7) is 5.59. The van der Waals surface area contributed by atoms with Gasteiger partial charge in [-0.3, -0.25) is 5.10 Å². The largest absolute Gasteiger partial charge is 0.376 e. The summed E-state index contributed by atoms with van der Waals surface area (Å²) in [4.78, 5) is 12.1. The highest BCUT2D eigenvalue weighted by Gasteiger charge is 2.25. The van der Waals surface area contributed by atoms with Gasteiger partial charge >= 0.3 is 0 Å². The minimum absolute atomic E-state index is 0.389. The Morgan fingerprint density at radius 3 is 2.78 bits per heavy atom. The van der Waals surface area contributed by atoms with Gasteiger partial charge in [0, 0.05) is 49.1 Å². The lowest BCUT2D eigenvalue weighted by atomic mass is 10.0. The van der Waals surface area contributed by atoms with Crippen molar-refractivity contribution in [2.75, 3.05) is 37.0 Å². The summed E-state index contributed by atoms with van der Waals surface area (Å²) in [5.74, 6) is 2.32. The number of anilines is 3. The summed E-state index contributed by atoms with van der Waals surface area (Å²) in [6.07, 6.45) is 6.89. The number of rotatable bonds is 5. The predicted molar refractivity (Wildman–Crippen MR) is 126 cm³/mol. The van der Waals surface area contributed by atoms with Crippen LogP contribution in [-0.2, 0) is 17.8 Å². The van der Waals surface area contributed by atoms with E-state index >= 15 is 0 Å². The molecule has 2 aliphatic heterocycles. The van der Waals surface area contributed by atoms with Crippen LogP contribution in [0.5, 0.6) is 0 Å². The van der Waals surface area contributed by atoms with Crippen LogP contribution in [0.4, 0.5) is 17.5 Å². The average Bonchev–Trinajstić information content (AvgIpc) is 3.27. The molecule has 0 radical (unpaired) electrons. The van der Waals surface area contributed by atoms with Gasteiger partial charge in [-0.15, -0.1) is 0 Å². The SMILES string of the molecule is CC1CCC(N(C)c2nc3c(c(Nc4ccc(-c5cn[nH]c5)cc4)n2)COCC3)CNC1. The highest BCUT2D eigenvalue weighted by Crippen LogP contribution is 2.29. The van der Waals surface area contributed by atoms with Crippen LogP contribution in [0.3, 0.4) is 0 Å². The molecule has 0 spiro atoms. The fraction of sp³-hybridized carbons (Fsp3) is 0.458. The number of hydrogen-bond acceptors (Lipinski definition) is 7. The van der Waals surface area contributed by atoms with Crippen LogP contribution in [0.1, 0.15) is 31.0 Å². The van der Waals surface area contributed by atoms with E-state index in [1.807, 2.05) is 12.4 Å². The van der Waals surface area contributed by atoms with E-state index in [0.717, 1.165) is 65.8 Å². The second kappa shape index (κ2) is 9.26. The molecule has 1 aromatic carbocycles. The Labute approximate surface area is 188 Å². The van der Waals surface area contributed by atoms with Gasteiger partial charge in [-0.05, 0) is 43.0 Å². The van der Waals surface area contributed by atoms with Crippen LogP contribution in [0.2, 0.25) is 0 Å². The molecule has 3 aromatic rings. The lowest BCUT2D eigenvalue weighted by molar-refractivity contribution is 0.109. The minimum atomic E-state index is 0.389. The van der Waals surface area contributed by atoms with Gasteiger partial charge in [0.05, 0.1) is 25.1 Å². The number of ether oxygens (including phenoxy) is 1. The summed E-state index contributed by atoms with van der Waals surface area (Å²) >= 11 is 0. The van der Waals surface area contributed by atoms with Gasteiger partial charge in [-0.1, -0.05) is 19.1 Å². The zero-order valence-electron chi connectivity index (χ0n) is 18.8. The van der Waals surface area contributed by atoms with Crippen molar-refractivity contribution in [1.82, 2.24) is 25.5 Å². The Balaban J connectivity index is 1.41. The molecule has 32 heavy (non-hydrogen) atoms. The maximum atomic E-state index is 5.73. The third-order valence-electron chi connectivity index (χ3n) is 6.52. The summed E-state index contributed by atoms with van der Waals surface area (Å²) in [5, 5.41) is 14.0. The standard InChI is InChI=1S/C24H31N7O/c1-16-3-8-20(14-25-11-16)31(2)24-29-22-9-10-32-15-21(22)23(30-24)28-19-6-4-17(5-7-19)18-12-26-27-13-18/h4-7,12-13,16,20,25H,3,8-11,14-15H2,1-2H3,(H,26,27)(H,28,29,30). The van der Waals surface area contributed by atoms with Gasteiger partial charge in [0.2, 0.25) is 5.95 Å². The predicted octanol–water partition coefficient (Wildman–Crippen LogP) is 3.51. The number of aromatic nitrogens is 4. The molecule has 1 saturated heterocycles. The molecule has 2 atom stereocenters. The topological polar surface area (TPSA) is 91.0 Å². The number of benzene rings is 1. The molecular formula is C24H31N7O. The molecule has 2 unspecified atom stereocenters. The van der Waals surface area contributed by atoms with Gasteiger partial charge in [-0.2, -0.15) is 10.1 Å². The molecule has 2 aromatic heterocycles. The number of hydrogen-bond donors (Lipinski definition) is 3. The number of H-pyrrole nitrogens is 1. The smallest absolute Gasteiger partial charge is 0.227 e. The molecule has 3 N–H and O–H groups in total. The second-order valence-corrected chi connectivity index (χ2v) is 8.89. The molecule has 0 aliphatic carbocycles. The first-order chi connectivity index (χ1) is 15.7. The Morgan fingerprint density at radius 2 is 1.97 bits per heavy atom. The molecule has 8 heteroatoms. The van der Waals surface area contributed by atoms with Crippen molar-refractivity contribution in [3.63, 3.8) is 0 Å². The Kier molecular flexibility index (Phi) is 6.05. The van der Waals surface area contributed by atoms with Crippen molar-refractivity contribution in [1.29, 1.82) is 0 Å². The van der Waals surface area contributed by atoms with Crippen molar-refractivity contribution >= 4 is 17.5 Å². The summed E-state index contributed by atoms with van der Waals surface area (Å²) < 4.78 is 5.73. The van der Waals surface area contributed by atoms with Gasteiger partial charge in [0.25, 0.3) is 0 Å². The lowest BCUT2D eigenvalue weighted by Crippen LogP contribution is -2.40. The summed E-state index contributed by atoms with van der Waals surface area (Å²) in [5.41, 5.74) is 5.32. The fourth-order valence-corrected chi connectivity index (χ4v) is 4.44. The van der Waals surface area contributed by atoms with E-state index < -0.39 is 0 Å². The van der Waals surface area contributed by atoms with Crippen molar-refractivity contribution < 1.29 is 4.74 Å². The van der Waals surface area contributed by atoms with Crippen LogP contribution < -0.4 is 15.5 Å². The third-order valence-corrected chi connectivity index (χ3v) is 6.52. The summed E-state index contributed by atoms with van der Waals surface area (Å²) in [7, 11) is 2.12. The molecule has 4 heterocycles.